The minimum atomic E-state index is -0.534. The maximum Gasteiger partial charge on any atom is 0.494 e. The van der Waals surface area contributed by atoms with Crippen LogP contribution in [-0.2, 0) is 14.0 Å². The van der Waals surface area contributed by atoms with E-state index in [1.54, 1.807) is 0 Å². The molecule has 196 valence electrons. The lowest BCUT2D eigenvalue weighted by Crippen LogP contribution is -2.41. The summed E-state index contributed by atoms with van der Waals surface area (Å²) in [7, 11) is -0.378. The van der Waals surface area contributed by atoms with Gasteiger partial charge in [-0.25, -0.2) is 9.78 Å². The molecule has 0 aliphatic carbocycles. The molecule has 8 heteroatoms. The minimum absolute atomic E-state index is 0.125. The Bertz CT molecular complexity index is 1290. The summed E-state index contributed by atoms with van der Waals surface area (Å²) in [5.41, 5.74) is 3.75. The van der Waals surface area contributed by atoms with Crippen LogP contribution in [0.25, 0.3) is 22.2 Å². The number of likely N-dealkylation sites (tertiary alicyclic amines) is 1. The van der Waals surface area contributed by atoms with Crippen molar-refractivity contribution in [2.75, 3.05) is 6.54 Å². The number of nitrogens with zero attached hydrogens (tertiary/aromatic N) is 2. The average molecular weight is 503 g/mol. The van der Waals surface area contributed by atoms with Gasteiger partial charge in [0.05, 0.1) is 28.3 Å². The topological polar surface area (TPSA) is 76.7 Å². The van der Waals surface area contributed by atoms with Gasteiger partial charge in [0.1, 0.15) is 11.4 Å². The third-order valence-corrected chi connectivity index (χ3v) is 7.72. The van der Waals surface area contributed by atoms with Crippen LogP contribution in [0.5, 0.6) is 0 Å². The number of amides is 1. The van der Waals surface area contributed by atoms with Crippen molar-refractivity contribution in [1.82, 2.24) is 14.9 Å². The summed E-state index contributed by atoms with van der Waals surface area (Å²) in [5, 5.41) is 0. The number of fused-ring (bicyclic) bond motifs is 1. The minimum Gasteiger partial charge on any atom is -0.444 e. The Morgan fingerprint density at radius 3 is 2.30 bits per heavy atom. The highest BCUT2D eigenvalue weighted by molar-refractivity contribution is 6.62. The van der Waals surface area contributed by atoms with Gasteiger partial charge in [-0.05, 0) is 89.5 Å². The van der Waals surface area contributed by atoms with Gasteiger partial charge in [-0.3, -0.25) is 4.90 Å². The molecule has 2 aliphatic rings. The van der Waals surface area contributed by atoms with Crippen molar-refractivity contribution < 1.29 is 18.8 Å². The summed E-state index contributed by atoms with van der Waals surface area (Å²) in [6, 6.07) is 14.4. The summed E-state index contributed by atoms with van der Waals surface area (Å²) in [6.45, 7) is 16.8. The van der Waals surface area contributed by atoms with Crippen molar-refractivity contribution in [3.05, 3.63) is 48.3 Å². The van der Waals surface area contributed by atoms with E-state index in [0.29, 0.717) is 12.5 Å². The number of hydrogen-bond donors (Lipinski definition) is 1. The van der Waals surface area contributed by atoms with E-state index in [1.807, 2.05) is 25.7 Å². The summed E-state index contributed by atoms with van der Waals surface area (Å²) < 4.78 is 18.1. The number of ether oxygens (including phenoxy) is 1. The zero-order valence-corrected chi connectivity index (χ0v) is 23.2. The average Bonchev–Trinajstić information content (AvgIpc) is 3.45. The number of carbonyl (C=O) groups is 1. The third kappa shape index (κ3) is 5.01. The fraction of sp³-hybridized carbons (Fsp3) is 0.517. The highest BCUT2D eigenvalue weighted by atomic mass is 16.7. The molecule has 2 atom stereocenters. The summed E-state index contributed by atoms with van der Waals surface area (Å²) in [6.07, 6.45) is 0.567. The van der Waals surface area contributed by atoms with Crippen molar-refractivity contribution in [2.45, 2.75) is 84.7 Å². The third-order valence-electron chi connectivity index (χ3n) is 7.72. The molecule has 3 heterocycles. The van der Waals surface area contributed by atoms with Gasteiger partial charge in [-0.2, -0.15) is 0 Å². The Balaban J connectivity index is 1.37. The van der Waals surface area contributed by atoms with Crippen LogP contribution in [0.2, 0.25) is 0 Å². The van der Waals surface area contributed by atoms with Gasteiger partial charge >= 0.3 is 13.2 Å². The number of carbonyl (C=O) groups excluding carboxylic acids is 1. The van der Waals surface area contributed by atoms with Crippen molar-refractivity contribution in [1.29, 1.82) is 0 Å². The standard InChI is InChI=1S/C29H38BN3O4/c1-18-15-24(33(17-18)26(34)35-27(2,3)4)25-31-22-14-11-20(16-23(22)32-25)19-9-12-21(13-10-19)30-36-28(5,6)29(7,8)37-30/h9-14,16,18,24H,15,17H2,1-8H3,(H,31,32)/t18-,24?/m0/s1. The maximum absolute atomic E-state index is 12.9. The summed E-state index contributed by atoms with van der Waals surface area (Å²) >= 11 is 0. The molecular formula is C29H38BN3O4. The predicted octanol–water partition coefficient (Wildman–Crippen LogP) is 5.85. The van der Waals surface area contributed by atoms with Crippen molar-refractivity contribution >= 4 is 29.7 Å². The molecule has 1 N–H and O–H groups in total. The highest BCUT2D eigenvalue weighted by Gasteiger charge is 2.51. The lowest BCUT2D eigenvalue weighted by atomic mass is 9.78. The molecule has 7 nitrogen and oxygen atoms in total. The van der Waals surface area contributed by atoms with Crippen LogP contribution >= 0.6 is 0 Å². The van der Waals surface area contributed by atoms with Crippen LogP contribution in [0.4, 0.5) is 4.79 Å². The molecule has 5 rings (SSSR count). The Morgan fingerprint density at radius 1 is 1.05 bits per heavy atom. The lowest BCUT2D eigenvalue weighted by molar-refractivity contribution is 0.00578. The van der Waals surface area contributed by atoms with Crippen LogP contribution in [-0.4, -0.2) is 51.4 Å². The second-order valence-corrected chi connectivity index (χ2v) is 12.6. The van der Waals surface area contributed by atoms with Crippen molar-refractivity contribution in [2.24, 2.45) is 5.92 Å². The molecule has 2 fully saturated rings. The molecule has 2 saturated heterocycles. The van der Waals surface area contributed by atoms with E-state index in [-0.39, 0.29) is 30.5 Å². The molecule has 1 unspecified atom stereocenters. The predicted molar refractivity (Wildman–Crippen MR) is 147 cm³/mol. The zero-order valence-electron chi connectivity index (χ0n) is 23.2. The van der Waals surface area contributed by atoms with E-state index in [1.165, 1.54) is 0 Å². The molecule has 1 aromatic heterocycles. The van der Waals surface area contributed by atoms with E-state index < -0.39 is 5.60 Å². The van der Waals surface area contributed by atoms with Gasteiger partial charge in [-0.1, -0.05) is 37.3 Å². The lowest BCUT2D eigenvalue weighted by Gasteiger charge is -2.32. The molecule has 37 heavy (non-hydrogen) atoms. The van der Waals surface area contributed by atoms with Crippen LogP contribution in [0.15, 0.2) is 42.5 Å². The number of H-pyrrole nitrogens is 1. The number of aromatic nitrogens is 2. The van der Waals surface area contributed by atoms with Gasteiger partial charge in [0.15, 0.2) is 0 Å². The number of aromatic amines is 1. The quantitative estimate of drug-likeness (QED) is 0.454. The van der Waals surface area contributed by atoms with Gasteiger partial charge < -0.3 is 19.0 Å². The van der Waals surface area contributed by atoms with E-state index in [9.17, 15) is 4.79 Å². The molecule has 0 radical (unpaired) electrons. The van der Waals surface area contributed by atoms with Crippen LogP contribution in [0.1, 0.15) is 73.7 Å². The molecule has 0 saturated carbocycles. The SMILES string of the molecule is C[C@H]1CC(c2nc3cc(-c4ccc(B5OC(C)(C)C(C)(C)O5)cc4)ccc3[nH]2)N(C(=O)OC(C)(C)C)C1. The van der Waals surface area contributed by atoms with E-state index >= 15 is 0 Å². The molecule has 0 bridgehead atoms. The number of imidazole rings is 1. The van der Waals surface area contributed by atoms with Crippen molar-refractivity contribution in [3.8, 4) is 11.1 Å². The monoisotopic (exact) mass is 503 g/mol. The Morgan fingerprint density at radius 2 is 1.68 bits per heavy atom. The van der Waals surface area contributed by atoms with Crippen molar-refractivity contribution in [3.63, 3.8) is 0 Å². The maximum atomic E-state index is 12.9. The fourth-order valence-electron chi connectivity index (χ4n) is 5.00. The second kappa shape index (κ2) is 8.88. The fourth-order valence-corrected chi connectivity index (χ4v) is 5.00. The second-order valence-electron chi connectivity index (χ2n) is 12.6. The first-order valence-electron chi connectivity index (χ1n) is 13.2. The number of benzene rings is 2. The highest BCUT2D eigenvalue weighted by Crippen LogP contribution is 2.38. The number of nitrogens with one attached hydrogen (secondary N) is 1. The zero-order chi connectivity index (χ0) is 26.8. The van der Waals surface area contributed by atoms with Gasteiger partial charge in [0, 0.05) is 6.54 Å². The molecule has 3 aromatic rings. The number of rotatable bonds is 3. The summed E-state index contributed by atoms with van der Waals surface area (Å²) in [4.78, 5) is 23.1. The molecule has 0 spiro atoms. The molecule has 1 amide bonds. The normalized spacial score (nSPS) is 23.1. The largest absolute Gasteiger partial charge is 0.494 e. The molecule has 2 aromatic carbocycles. The van der Waals surface area contributed by atoms with Crippen LogP contribution < -0.4 is 5.46 Å². The number of hydrogen-bond acceptors (Lipinski definition) is 5. The van der Waals surface area contributed by atoms with Crippen LogP contribution in [0.3, 0.4) is 0 Å². The van der Waals surface area contributed by atoms with Gasteiger partial charge in [-0.15, -0.1) is 0 Å². The van der Waals surface area contributed by atoms with E-state index in [4.69, 9.17) is 19.0 Å². The Kier molecular flexibility index (Phi) is 6.19. The van der Waals surface area contributed by atoms with Crippen LogP contribution in [0, 0.1) is 5.92 Å². The Hall–Kier alpha value is -2.84. The Labute approximate surface area is 220 Å². The summed E-state index contributed by atoms with van der Waals surface area (Å²) in [5.74, 6) is 1.18. The molecular weight excluding hydrogens is 465 g/mol. The smallest absolute Gasteiger partial charge is 0.444 e. The first-order chi connectivity index (χ1) is 17.2. The van der Waals surface area contributed by atoms with Gasteiger partial charge in [0.25, 0.3) is 0 Å². The first kappa shape index (κ1) is 25.8. The molecule has 2 aliphatic heterocycles. The van der Waals surface area contributed by atoms with E-state index in [0.717, 1.165) is 39.9 Å². The van der Waals surface area contributed by atoms with Gasteiger partial charge in [0.2, 0.25) is 0 Å². The first-order valence-corrected chi connectivity index (χ1v) is 13.2. The van der Waals surface area contributed by atoms with E-state index in [2.05, 4.69) is 82.1 Å².